The molecule has 1 atom stereocenters. The van der Waals surface area contributed by atoms with E-state index in [1.807, 2.05) is 25.7 Å². The third-order valence-corrected chi connectivity index (χ3v) is 5.08. The van der Waals surface area contributed by atoms with Gasteiger partial charge < -0.3 is 10.0 Å². The van der Waals surface area contributed by atoms with Gasteiger partial charge in [0.25, 0.3) is 0 Å². The zero-order chi connectivity index (χ0) is 20.3. The Balaban J connectivity index is 1.70. The van der Waals surface area contributed by atoms with Crippen LogP contribution in [0.1, 0.15) is 49.7 Å². The number of carbonyl (C=O) groups excluding carboxylic acids is 1. The van der Waals surface area contributed by atoms with Crippen LogP contribution in [-0.4, -0.2) is 44.9 Å². The van der Waals surface area contributed by atoms with Crippen LogP contribution in [0.25, 0.3) is 11.3 Å². The number of aromatic nitrogens is 2. The second-order valence-electron chi connectivity index (χ2n) is 8.46. The highest BCUT2D eigenvalue weighted by Gasteiger charge is 2.31. The monoisotopic (exact) mass is 381 g/mol. The molecule has 0 spiro atoms. The summed E-state index contributed by atoms with van der Waals surface area (Å²) in [7, 11) is 0. The smallest absolute Gasteiger partial charge is 0.336 e. The first-order valence-corrected chi connectivity index (χ1v) is 9.68. The molecular formula is C22H27N3O3. The molecule has 3 rings (SSSR count). The Bertz CT molecular complexity index is 856. The minimum Gasteiger partial charge on any atom is -0.478 e. The first-order chi connectivity index (χ1) is 13.3. The Kier molecular flexibility index (Phi) is 5.77. The SMILES string of the molecule is CC(C)(C)C(=O)N1CCC[C@H](Cc2cnc(-c3ccccc3C(=O)O)cn2)C1. The van der Waals surface area contributed by atoms with Crippen molar-refractivity contribution in [3.05, 3.63) is 47.9 Å². The third-order valence-electron chi connectivity index (χ3n) is 5.08. The van der Waals surface area contributed by atoms with E-state index in [1.54, 1.807) is 36.7 Å². The highest BCUT2D eigenvalue weighted by molar-refractivity contribution is 5.95. The summed E-state index contributed by atoms with van der Waals surface area (Å²) in [5.74, 6) is -0.414. The average molecular weight is 381 g/mol. The number of carbonyl (C=O) groups is 2. The van der Waals surface area contributed by atoms with Crippen LogP contribution in [0.4, 0.5) is 0 Å². The van der Waals surface area contributed by atoms with Crippen LogP contribution in [0, 0.1) is 11.3 Å². The molecule has 6 nitrogen and oxygen atoms in total. The van der Waals surface area contributed by atoms with E-state index in [2.05, 4.69) is 9.97 Å². The van der Waals surface area contributed by atoms with Gasteiger partial charge in [-0.05, 0) is 31.2 Å². The van der Waals surface area contributed by atoms with Crippen molar-refractivity contribution in [2.45, 2.75) is 40.0 Å². The molecule has 148 valence electrons. The molecule has 2 aromatic rings. The molecule has 1 amide bonds. The maximum absolute atomic E-state index is 12.6. The van der Waals surface area contributed by atoms with Crippen molar-refractivity contribution in [2.24, 2.45) is 11.3 Å². The van der Waals surface area contributed by atoms with E-state index in [-0.39, 0.29) is 16.9 Å². The molecule has 1 aromatic carbocycles. The van der Waals surface area contributed by atoms with E-state index < -0.39 is 5.97 Å². The fraction of sp³-hybridized carbons (Fsp3) is 0.455. The van der Waals surface area contributed by atoms with Gasteiger partial charge in [-0.2, -0.15) is 0 Å². The number of hydrogen-bond acceptors (Lipinski definition) is 4. The van der Waals surface area contributed by atoms with Crippen LogP contribution < -0.4 is 0 Å². The van der Waals surface area contributed by atoms with Crippen molar-refractivity contribution < 1.29 is 14.7 Å². The molecule has 1 aromatic heterocycles. The summed E-state index contributed by atoms with van der Waals surface area (Å²) >= 11 is 0. The zero-order valence-corrected chi connectivity index (χ0v) is 16.7. The normalized spacial score (nSPS) is 17.4. The molecule has 1 aliphatic rings. The van der Waals surface area contributed by atoms with E-state index in [0.717, 1.165) is 38.0 Å². The maximum atomic E-state index is 12.6. The van der Waals surface area contributed by atoms with Crippen LogP contribution in [0.15, 0.2) is 36.7 Å². The summed E-state index contributed by atoms with van der Waals surface area (Å²) in [6.07, 6.45) is 6.20. The number of aromatic carboxylic acids is 1. The topological polar surface area (TPSA) is 83.4 Å². The van der Waals surface area contributed by atoms with Gasteiger partial charge in [0.1, 0.15) is 0 Å². The number of hydrogen-bond donors (Lipinski definition) is 1. The highest BCUT2D eigenvalue weighted by atomic mass is 16.4. The number of amides is 1. The summed E-state index contributed by atoms with van der Waals surface area (Å²) in [6.45, 7) is 7.44. The van der Waals surface area contributed by atoms with Gasteiger partial charge in [-0.15, -0.1) is 0 Å². The van der Waals surface area contributed by atoms with Crippen molar-refractivity contribution in [3.8, 4) is 11.3 Å². The lowest BCUT2D eigenvalue weighted by molar-refractivity contribution is -0.141. The second kappa shape index (κ2) is 8.09. The van der Waals surface area contributed by atoms with Crippen molar-refractivity contribution in [3.63, 3.8) is 0 Å². The summed E-state index contributed by atoms with van der Waals surface area (Å²) in [4.78, 5) is 34.9. The Morgan fingerprint density at radius 2 is 1.93 bits per heavy atom. The van der Waals surface area contributed by atoms with Crippen LogP contribution in [0.2, 0.25) is 0 Å². The van der Waals surface area contributed by atoms with Gasteiger partial charge in [0, 0.05) is 30.3 Å². The summed E-state index contributed by atoms with van der Waals surface area (Å²) in [5, 5.41) is 9.34. The molecule has 2 heterocycles. The Labute approximate surface area is 165 Å². The number of nitrogens with zero attached hydrogens (tertiary/aromatic N) is 3. The molecule has 0 bridgehead atoms. The number of piperidine rings is 1. The van der Waals surface area contributed by atoms with Crippen LogP contribution in [-0.2, 0) is 11.2 Å². The van der Waals surface area contributed by atoms with Gasteiger partial charge >= 0.3 is 5.97 Å². The average Bonchev–Trinajstić information content (AvgIpc) is 2.67. The lowest BCUT2D eigenvalue weighted by Crippen LogP contribution is -2.45. The predicted octanol–water partition coefficient (Wildman–Crippen LogP) is 3.67. The summed E-state index contributed by atoms with van der Waals surface area (Å²) in [5.41, 5.74) is 1.84. The fourth-order valence-corrected chi connectivity index (χ4v) is 3.68. The van der Waals surface area contributed by atoms with Crippen LogP contribution in [0.3, 0.4) is 0 Å². The first kappa shape index (κ1) is 20.0. The molecule has 0 saturated carbocycles. The van der Waals surface area contributed by atoms with Gasteiger partial charge in [-0.3, -0.25) is 14.8 Å². The van der Waals surface area contributed by atoms with Gasteiger partial charge in [-0.25, -0.2) is 4.79 Å². The summed E-state index contributed by atoms with van der Waals surface area (Å²) < 4.78 is 0. The largest absolute Gasteiger partial charge is 0.478 e. The predicted molar refractivity (Wildman–Crippen MR) is 107 cm³/mol. The van der Waals surface area contributed by atoms with Crippen molar-refractivity contribution in [2.75, 3.05) is 13.1 Å². The van der Waals surface area contributed by atoms with Gasteiger partial charge in [0.2, 0.25) is 5.91 Å². The Hall–Kier alpha value is -2.76. The van der Waals surface area contributed by atoms with E-state index in [1.165, 1.54) is 0 Å². The molecule has 0 aliphatic carbocycles. The highest BCUT2D eigenvalue weighted by Crippen LogP contribution is 2.26. The van der Waals surface area contributed by atoms with E-state index in [9.17, 15) is 14.7 Å². The Morgan fingerprint density at radius 3 is 2.57 bits per heavy atom. The van der Waals surface area contributed by atoms with E-state index in [4.69, 9.17) is 0 Å². The van der Waals surface area contributed by atoms with Gasteiger partial charge in [0.05, 0.1) is 23.1 Å². The number of carboxylic acids is 1. The minimum atomic E-state index is -0.979. The van der Waals surface area contributed by atoms with Gasteiger partial charge in [0.15, 0.2) is 0 Å². The van der Waals surface area contributed by atoms with E-state index >= 15 is 0 Å². The molecule has 6 heteroatoms. The van der Waals surface area contributed by atoms with Crippen LogP contribution in [0.5, 0.6) is 0 Å². The second-order valence-corrected chi connectivity index (χ2v) is 8.46. The van der Waals surface area contributed by atoms with Crippen LogP contribution >= 0.6 is 0 Å². The number of carboxylic acid groups (broad SMARTS) is 1. The number of likely N-dealkylation sites (tertiary alicyclic amines) is 1. The Morgan fingerprint density at radius 1 is 1.18 bits per heavy atom. The summed E-state index contributed by atoms with van der Waals surface area (Å²) in [6, 6.07) is 6.79. The molecule has 1 fully saturated rings. The molecule has 0 radical (unpaired) electrons. The lowest BCUT2D eigenvalue weighted by Gasteiger charge is -2.36. The number of benzene rings is 1. The van der Waals surface area contributed by atoms with Crippen molar-refractivity contribution in [1.29, 1.82) is 0 Å². The van der Waals surface area contributed by atoms with Gasteiger partial charge in [-0.1, -0.05) is 39.0 Å². The maximum Gasteiger partial charge on any atom is 0.336 e. The van der Waals surface area contributed by atoms with Crippen molar-refractivity contribution >= 4 is 11.9 Å². The standard InChI is InChI=1S/C22H27N3O3/c1-22(2,3)21(28)25-10-6-7-15(14-25)11-16-12-24-19(13-23-16)17-8-4-5-9-18(17)20(26)27/h4-5,8-9,12-13,15H,6-7,10-11,14H2,1-3H3,(H,26,27)/t15-/m1/s1. The quantitative estimate of drug-likeness (QED) is 0.874. The fourth-order valence-electron chi connectivity index (χ4n) is 3.68. The molecule has 0 unspecified atom stereocenters. The third kappa shape index (κ3) is 4.55. The lowest BCUT2D eigenvalue weighted by atomic mass is 9.89. The molecule has 28 heavy (non-hydrogen) atoms. The first-order valence-electron chi connectivity index (χ1n) is 9.68. The molecule has 1 aliphatic heterocycles. The molecular weight excluding hydrogens is 354 g/mol. The van der Waals surface area contributed by atoms with E-state index in [0.29, 0.717) is 17.2 Å². The molecule has 1 N–H and O–H groups in total. The van der Waals surface area contributed by atoms with Crippen molar-refractivity contribution in [1.82, 2.24) is 14.9 Å². The molecule has 1 saturated heterocycles. The number of rotatable bonds is 4. The zero-order valence-electron chi connectivity index (χ0n) is 16.7. The minimum absolute atomic E-state index is 0.198.